The summed E-state index contributed by atoms with van der Waals surface area (Å²) < 4.78 is 20.6. The van der Waals surface area contributed by atoms with E-state index in [2.05, 4.69) is 5.32 Å². The maximum Gasteiger partial charge on any atom is 0.348 e. The molecule has 1 saturated carbocycles. The minimum absolute atomic E-state index is 0.120. The highest BCUT2D eigenvalue weighted by Gasteiger charge is 2.48. The van der Waals surface area contributed by atoms with Crippen molar-refractivity contribution in [2.24, 2.45) is 0 Å². The highest BCUT2D eigenvalue weighted by Crippen LogP contribution is 2.51. The van der Waals surface area contributed by atoms with Crippen LogP contribution in [-0.4, -0.2) is 22.6 Å². The number of ether oxygens (including phenoxy) is 1. The summed E-state index contributed by atoms with van der Waals surface area (Å²) in [5.41, 5.74) is 1.75. The average molecular weight is 542 g/mol. The number of rotatable bonds is 6. The van der Waals surface area contributed by atoms with E-state index in [0.717, 1.165) is 17.5 Å². The number of hydrogen-bond donors (Lipinski definition) is 2. The van der Waals surface area contributed by atoms with Gasteiger partial charge in [0, 0.05) is 28.3 Å². The normalized spacial score (nSPS) is 22.6. The van der Waals surface area contributed by atoms with Crippen LogP contribution in [0.2, 0.25) is 10.0 Å². The molecule has 0 aromatic heterocycles. The standard InChI is InChI=1S/C29H26Cl2FNO4/c1-16-3-9-20(32)14-21(16)27-26(17-4-6-18(30)7-5-17)23(15-25(34)33-27)22-13-19(31)8-10-24(22)37-29(28(35)36)11-2-12-29/h3-10,13-14,23,26-27H,2,11-12,15H2,1H3,(H,33,34)(H,35,36)/t23-,26+,27+/m1/s1. The monoisotopic (exact) mass is 541 g/mol. The third kappa shape index (κ3) is 4.92. The number of piperidine rings is 1. The van der Waals surface area contributed by atoms with Crippen molar-refractivity contribution in [2.45, 2.75) is 56.1 Å². The topological polar surface area (TPSA) is 75.6 Å². The van der Waals surface area contributed by atoms with Gasteiger partial charge in [-0.25, -0.2) is 9.18 Å². The predicted octanol–water partition coefficient (Wildman–Crippen LogP) is 6.96. The van der Waals surface area contributed by atoms with Gasteiger partial charge in [0.05, 0.1) is 6.04 Å². The molecule has 1 heterocycles. The van der Waals surface area contributed by atoms with Gasteiger partial charge in [0.15, 0.2) is 0 Å². The van der Waals surface area contributed by atoms with Crippen molar-refractivity contribution in [2.75, 3.05) is 0 Å². The van der Waals surface area contributed by atoms with Crippen molar-refractivity contribution in [3.05, 3.63) is 98.8 Å². The van der Waals surface area contributed by atoms with E-state index in [1.165, 1.54) is 12.1 Å². The summed E-state index contributed by atoms with van der Waals surface area (Å²) >= 11 is 12.6. The molecule has 3 atom stereocenters. The molecular formula is C29H26Cl2FNO4. The van der Waals surface area contributed by atoms with E-state index in [1.807, 2.05) is 19.1 Å². The van der Waals surface area contributed by atoms with Crippen LogP contribution in [0, 0.1) is 12.7 Å². The van der Waals surface area contributed by atoms with Gasteiger partial charge in [-0.2, -0.15) is 0 Å². The molecule has 1 amide bonds. The number of amides is 1. The zero-order valence-corrected chi connectivity index (χ0v) is 21.7. The minimum Gasteiger partial charge on any atom is -0.478 e. The molecular weight excluding hydrogens is 516 g/mol. The SMILES string of the molecule is Cc1ccc(F)cc1[C@@H]1NC(=O)C[C@H](c2cc(Cl)ccc2OC2(C(=O)O)CCC2)[C@@H]1c1ccc(Cl)cc1. The summed E-state index contributed by atoms with van der Waals surface area (Å²) in [4.78, 5) is 25.2. The van der Waals surface area contributed by atoms with Gasteiger partial charge in [0.1, 0.15) is 11.6 Å². The first kappa shape index (κ1) is 25.6. The zero-order chi connectivity index (χ0) is 26.3. The Labute approximate surface area is 224 Å². The Morgan fingerprint density at radius 2 is 1.73 bits per heavy atom. The van der Waals surface area contributed by atoms with Gasteiger partial charge in [0.2, 0.25) is 11.5 Å². The van der Waals surface area contributed by atoms with Crippen molar-refractivity contribution in [3.63, 3.8) is 0 Å². The molecule has 3 aromatic rings. The molecule has 2 aliphatic rings. The van der Waals surface area contributed by atoms with Crippen LogP contribution in [0.15, 0.2) is 60.7 Å². The molecule has 5 nitrogen and oxygen atoms in total. The second-order valence-corrected chi connectivity index (χ2v) is 10.7. The lowest BCUT2D eigenvalue weighted by atomic mass is 9.70. The Hall–Kier alpha value is -3.09. The molecule has 1 aliphatic carbocycles. The molecule has 0 bridgehead atoms. The molecule has 0 unspecified atom stereocenters. The zero-order valence-electron chi connectivity index (χ0n) is 20.1. The first-order valence-corrected chi connectivity index (χ1v) is 13.0. The Bertz CT molecular complexity index is 1360. The fourth-order valence-corrected chi connectivity index (χ4v) is 5.79. The van der Waals surface area contributed by atoms with Gasteiger partial charge in [-0.1, -0.05) is 41.4 Å². The van der Waals surface area contributed by atoms with Gasteiger partial charge >= 0.3 is 5.97 Å². The molecule has 0 radical (unpaired) electrons. The number of carboxylic acids is 1. The van der Waals surface area contributed by atoms with Crippen molar-refractivity contribution in [1.29, 1.82) is 0 Å². The summed E-state index contributed by atoms with van der Waals surface area (Å²) in [5.74, 6) is -1.98. The van der Waals surface area contributed by atoms with Crippen molar-refractivity contribution < 1.29 is 23.8 Å². The molecule has 192 valence electrons. The number of nitrogens with one attached hydrogen (secondary N) is 1. The fourth-order valence-electron chi connectivity index (χ4n) is 5.48. The lowest BCUT2D eigenvalue weighted by Crippen LogP contribution is -2.50. The molecule has 3 aromatic carbocycles. The Balaban J connectivity index is 1.67. The number of carbonyl (C=O) groups excluding carboxylic acids is 1. The summed E-state index contributed by atoms with van der Waals surface area (Å²) in [6.07, 6.45) is 1.69. The number of aryl methyl sites for hydroxylation is 1. The van der Waals surface area contributed by atoms with Crippen LogP contribution in [0.1, 0.15) is 65.8 Å². The van der Waals surface area contributed by atoms with Gasteiger partial charge in [-0.3, -0.25) is 4.79 Å². The van der Waals surface area contributed by atoms with E-state index in [0.29, 0.717) is 39.8 Å². The number of carboxylic acid groups (broad SMARTS) is 1. The third-order valence-electron chi connectivity index (χ3n) is 7.57. The van der Waals surface area contributed by atoms with Crippen LogP contribution >= 0.6 is 23.2 Å². The quantitative estimate of drug-likeness (QED) is 0.353. The van der Waals surface area contributed by atoms with E-state index >= 15 is 0 Å². The van der Waals surface area contributed by atoms with Crippen LogP contribution in [0.25, 0.3) is 0 Å². The fraction of sp³-hybridized carbons (Fsp3) is 0.310. The number of carbonyl (C=O) groups is 2. The molecule has 2 fully saturated rings. The Morgan fingerprint density at radius 1 is 1.03 bits per heavy atom. The molecule has 2 N–H and O–H groups in total. The predicted molar refractivity (Wildman–Crippen MR) is 140 cm³/mol. The highest BCUT2D eigenvalue weighted by atomic mass is 35.5. The highest BCUT2D eigenvalue weighted by molar-refractivity contribution is 6.31. The molecule has 1 aliphatic heterocycles. The van der Waals surface area contributed by atoms with E-state index in [-0.39, 0.29) is 18.2 Å². The summed E-state index contributed by atoms with van der Waals surface area (Å²) in [6, 6.07) is 16.4. The first-order valence-electron chi connectivity index (χ1n) is 12.2. The van der Waals surface area contributed by atoms with Crippen LogP contribution < -0.4 is 10.1 Å². The van der Waals surface area contributed by atoms with E-state index in [9.17, 15) is 19.1 Å². The first-order chi connectivity index (χ1) is 17.7. The summed E-state index contributed by atoms with van der Waals surface area (Å²) in [5, 5.41) is 14.0. The lowest BCUT2D eigenvalue weighted by molar-refractivity contribution is -0.163. The van der Waals surface area contributed by atoms with Crippen LogP contribution in [-0.2, 0) is 9.59 Å². The third-order valence-corrected chi connectivity index (χ3v) is 8.06. The van der Waals surface area contributed by atoms with Crippen molar-refractivity contribution in [1.82, 2.24) is 5.32 Å². The number of benzene rings is 3. The molecule has 1 saturated heterocycles. The second-order valence-electron chi connectivity index (χ2n) is 9.87. The van der Waals surface area contributed by atoms with Gasteiger partial charge < -0.3 is 15.2 Å². The molecule has 0 spiro atoms. The average Bonchev–Trinajstić information content (AvgIpc) is 2.83. The lowest BCUT2D eigenvalue weighted by Gasteiger charge is -2.42. The number of halogens is 3. The summed E-state index contributed by atoms with van der Waals surface area (Å²) in [7, 11) is 0. The van der Waals surface area contributed by atoms with E-state index in [4.69, 9.17) is 27.9 Å². The minimum atomic E-state index is -1.30. The Morgan fingerprint density at radius 3 is 2.38 bits per heavy atom. The van der Waals surface area contributed by atoms with Crippen molar-refractivity contribution in [3.8, 4) is 5.75 Å². The van der Waals surface area contributed by atoms with E-state index in [1.54, 1.807) is 36.4 Å². The smallest absolute Gasteiger partial charge is 0.348 e. The van der Waals surface area contributed by atoms with Gasteiger partial charge in [-0.15, -0.1) is 0 Å². The molecule has 5 rings (SSSR count). The van der Waals surface area contributed by atoms with Gasteiger partial charge in [0.25, 0.3) is 0 Å². The molecule has 8 heteroatoms. The number of hydrogen-bond acceptors (Lipinski definition) is 3. The molecule has 37 heavy (non-hydrogen) atoms. The maximum atomic E-state index is 14.4. The number of aliphatic carboxylic acids is 1. The Kier molecular flexibility index (Phi) is 6.90. The maximum absolute atomic E-state index is 14.4. The van der Waals surface area contributed by atoms with Crippen LogP contribution in [0.3, 0.4) is 0 Å². The van der Waals surface area contributed by atoms with Crippen molar-refractivity contribution >= 4 is 35.1 Å². The van der Waals surface area contributed by atoms with Gasteiger partial charge in [-0.05, 0) is 90.9 Å². The van der Waals surface area contributed by atoms with E-state index < -0.39 is 29.3 Å². The van der Waals surface area contributed by atoms with Crippen LogP contribution in [0.4, 0.5) is 4.39 Å². The summed E-state index contributed by atoms with van der Waals surface area (Å²) in [6.45, 7) is 1.88. The van der Waals surface area contributed by atoms with Crippen LogP contribution in [0.5, 0.6) is 5.75 Å². The largest absolute Gasteiger partial charge is 0.478 e. The second kappa shape index (κ2) is 9.99.